The van der Waals surface area contributed by atoms with Gasteiger partial charge in [0, 0.05) is 18.1 Å². The highest BCUT2D eigenvalue weighted by molar-refractivity contribution is 9.10. The maximum absolute atomic E-state index is 13.6. The molecule has 1 aromatic carbocycles. The summed E-state index contributed by atoms with van der Waals surface area (Å²) in [6.07, 6.45) is 7.31. The van der Waals surface area contributed by atoms with Crippen LogP contribution in [0.3, 0.4) is 0 Å². The highest BCUT2D eigenvalue weighted by Crippen LogP contribution is 2.41. The molecule has 2 fully saturated rings. The molecule has 1 heterocycles. The van der Waals surface area contributed by atoms with Crippen molar-refractivity contribution in [3.8, 4) is 0 Å². The van der Waals surface area contributed by atoms with Gasteiger partial charge in [0.1, 0.15) is 5.82 Å². The third kappa shape index (κ3) is 3.21. The van der Waals surface area contributed by atoms with E-state index in [-0.39, 0.29) is 23.1 Å². The van der Waals surface area contributed by atoms with E-state index in [4.69, 9.17) is 4.74 Å². The van der Waals surface area contributed by atoms with Gasteiger partial charge in [-0.1, -0.05) is 25.3 Å². The summed E-state index contributed by atoms with van der Waals surface area (Å²) in [7, 11) is 0. The second kappa shape index (κ2) is 6.17. The van der Waals surface area contributed by atoms with E-state index in [1.54, 1.807) is 12.1 Å². The van der Waals surface area contributed by atoms with Gasteiger partial charge in [0.05, 0.1) is 10.1 Å². The molecule has 0 aromatic heterocycles. The van der Waals surface area contributed by atoms with Crippen LogP contribution in [0, 0.1) is 11.7 Å². The molecule has 1 saturated heterocycles. The molecule has 1 aromatic rings. The first-order chi connectivity index (χ1) is 10.1. The summed E-state index contributed by atoms with van der Waals surface area (Å²) in [5.41, 5.74) is 0.388. The molecule has 1 atom stereocenters. The van der Waals surface area contributed by atoms with Crippen molar-refractivity contribution in [2.45, 2.75) is 50.5 Å². The zero-order valence-corrected chi connectivity index (χ0v) is 13.6. The number of rotatable bonds is 2. The fourth-order valence-electron chi connectivity index (χ4n) is 3.68. The third-order valence-corrected chi connectivity index (χ3v) is 5.48. The number of ether oxygens (including phenoxy) is 1. The number of carbonyl (C=O) groups excluding carboxylic acids is 1. The SMILES string of the molecule is O=C(c1ccc(Br)c(F)c1)C1CCOC2(CCCCC2)C1. The summed E-state index contributed by atoms with van der Waals surface area (Å²) in [6, 6.07) is 4.66. The van der Waals surface area contributed by atoms with Crippen molar-refractivity contribution in [1.29, 1.82) is 0 Å². The number of hydrogen-bond donors (Lipinski definition) is 0. The first-order valence-electron chi connectivity index (χ1n) is 7.73. The molecule has 1 aliphatic carbocycles. The molecule has 1 aliphatic heterocycles. The summed E-state index contributed by atoms with van der Waals surface area (Å²) in [5.74, 6) is -0.340. The van der Waals surface area contributed by atoms with Crippen LogP contribution in [0.5, 0.6) is 0 Å². The van der Waals surface area contributed by atoms with E-state index in [0.29, 0.717) is 16.6 Å². The number of ketones is 1. The van der Waals surface area contributed by atoms with E-state index >= 15 is 0 Å². The van der Waals surface area contributed by atoms with Crippen molar-refractivity contribution < 1.29 is 13.9 Å². The molecular formula is C17H20BrFO2. The Morgan fingerprint density at radius 3 is 2.76 bits per heavy atom. The number of Topliss-reactive ketones (excluding diaryl/α,β-unsaturated/α-hetero) is 1. The van der Waals surface area contributed by atoms with Crippen molar-refractivity contribution in [2.75, 3.05) is 6.61 Å². The van der Waals surface area contributed by atoms with Gasteiger partial charge in [-0.15, -0.1) is 0 Å². The lowest BCUT2D eigenvalue weighted by Crippen LogP contribution is -2.43. The molecule has 21 heavy (non-hydrogen) atoms. The number of hydrogen-bond acceptors (Lipinski definition) is 2. The largest absolute Gasteiger partial charge is 0.375 e. The Morgan fingerprint density at radius 1 is 1.29 bits per heavy atom. The molecule has 1 saturated carbocycles. The standard InChI is InChI=1S/C17H20BrFO2/c18-14-5-4-12(10-15(14)19)16(20)13-6-9-21-17(11-13)7-2-1-3-8-17/h4-5,10,13H,1-3,6-9,11H2. The molecular weight excluding hydrogens is 335 g/mol. The van der Waals surface area contributed by atoms with Crippen LogP contribution in [0.2, 0.25) is 0 Å². The lowest BCUT2D eigenvalue weighted by Gasteiger charge is -2.43. The van der Waals surface area contributed by atoms with Crippen LogP contribution in [-0.4, -0.2) is 18.0 Å². The first-order valence-corrected chi connectivity index (χ1v) is 8.52. The van der Waals surface area contributed by atoms with Crippen LogP contribution in [0.15, 0.2) is 22.7 Å². The van der Waals surface area contributed by atoms with Gasteiger partial charge in [-0.05, 0) is 53.7 Å². The average molecular weight is 355 g/mol. The van der Waals surface area contributed by atoms with Crippen molar-refractivity contribution in [3.05, 3.63) is 34.1 Å². The van der Waals surface area contributed by atoms with Crippen molar-refractivity contribution in [1.82, 2.24) is 0 Å². The Kier molecular flexibility index (Phi) is 4.46. The van der Waals surface area contributed by atoms with Gasteiger partial charge in [0.25, 0.3) is 0 Å². The van der Waals surface area contributed by atoms with Gasteiger partial charge >= 0.3 is 0 Å². The van der Waals surface area contributed by atoms with E-state index in [1.807, 2.05) is 0 Å². The number of benzene rings is 1. The molecule has 0 radical (unpaired) electrons. The van der Waals surface area contributed by atoms with Crippen LogP contribution < -0.4 is 0 Å². The molecule has 114 valence electrons. The van der Waals surface area contributed by atoms with Gasteiger partial charge < -0.3 is 4.74 Å². The Balaban J connectivity index is 1.76. The highest BCUT2D eigenvalue weighted by Gasteiger charge is 2.40. The predicted molar refractivity (Wildman–Crippen MR) is 82.9 cm³/mol. The smallest absolute Gasteiger partial charge is 0.166 e. The molecule has 2 nitrogen and oxygen atoms in total. The summed E-state index contributed by atoms with van der Waals surface area (Å²) in [4.78, 5) is 12.7. The van der Waals surface area contributed by atoms with E-state index in [1.165, 1.54) is 25.3 Å². The van der Waals surface area contributed by atoms with Gasteiger partial charge in [-0.2, -0.15) is 0 Å². The second-order valence-corrected chi connectivity index (χ2v) is 7.13. The van der Waals surface area contributed by atoms with E-state index in [0.717, 1.165) is 25.7 Å². The lowest BCUT2D eigenvalue weighted by atomic mass is 9.74. The summed E-state index contributed by atoms with van der Waals surface area (Å²) in [6.45, 7) is 0.648. The monoisotopic (exact) mass is 354 g/mol. The zero-order chi connectivity index (χ0) is 14.9. The van der Waals surface area contributed by atoms with E-state index < -0.39 is 0 Å². The lowest BCUT2D eigenvalue weighted by molar-refractivity contribution is -0.111. The fourth-order valence-corrected chi connectivity index (χ4v) is 3.93. The third-order valence-electron chi connectivity index (χ3n) is 4.83. The average Bonchev–Trinajstić information content (AvgIpc) is 2.50. The van der Waals surface area contributed by atoms with Gasteiger partial charge in [-0.3, -0.25) is 4.79 Å². The van der Waals surface area contributed by atoms with Gasteiger partial charge in [0.15, 0.2) is 5.78 Å². The van der Waals surface area contributed by atoms with Crippen molar-refractivity contribution in [2.24, 2.45) is 5.92 Å². The van der Waals surface area contributed by atoms with Crippen LogP contribution in [0.4, 0.5) is 4.39 Å². The molecule has 1 spiro atoms. The Morgan fingerprint density at radius 2 is 2.05 bits per heavy atom. The maximum Gasteiger partial charge on any atom is 0.166 e. The minimum absolute atomic E-state index is 0.0302. The minimum atomic E-state index is -0.375. The topological polar surface area (TPSA) is 26.3 Å². The summed E-state index contributed by atoms with van der Waals surface area (Å²) >= 11 is 3.13. The Labute approximate surface area is 133 Å². The van der Waals surface area contributed by atoms with Crippen LogP contribution in [0.1, 0.15) is 55.3 Å². The van der Waals surface area contributed by atoms with Crippen molar-refractivity contribution in [3.63, 3.8) is 0 Å². The number of carbonyl (C=O) groups is 1. The Hall–Kier alpha value is -0.740. The van der Waals surface area contributed by atoms with Gasteiger partial charge in [0.2, 0.25) is 0 Å². The molecule has 2 aliphatic rings. The Bertz CT molecular complexity index is 532. The fraction of sp³-hybridized carbons (Fsp3) is 0.588. The van der Waals surface area contributed by atoms with Crippen LogP contribution >= 0.6 is 15.9 Å². The quantitative estimate of drug-likeness (QED) is 0.706. The summed E-state index contributed by atoms with van der Waals surface area (Å²) < 4.78 is 20.1. The van der Waals surface area contributed by atoms with Gasteiger partial charge in [-0.25, -0.2) is 4.39 Å². The normalized spacial score (nSPS) is 25.0. The second-order valence-electron chi connectivity index (χ2n) is 6.27. The highest BCUT2D eigenvalue weighted by atomic mass is 79.9. The van der Waals surface area contributed by atoms with Crippen molar-refractivity contribution >= 4 is 21.7 Å². The first kappa shape index (κ1) is 15.2. The minimum Gasteiger partial charge on any atom is -0.375 e. The van der Waals surface area contributed by atoms with E-state index in [9.17, 15) is 9.18 Å². The molecule has 3 rings (SSSR count). The molecule has 0 amide bonds. The van der Waals surface area contributed by atoms with Crippen LogP contribution in [0.25, 0.3) is 0 Å². The molecule has 0 bridgehead atoms. The molecule has 1 unspecified atom stereocenters. The zero-order valence-electron chi connectivity index (χ0n) is 12.0. The summed E-state index contributed by atoms with van der Waals surface area (Å²) in [5, 5.41) is 0. The van der Waals surface area contributed by atoms with E-state index in [2.05, 4.69) is 15.9 Å². The number of halogens is 2. The van der Waals surface area contributed by atoms with Crippen LogP contribution in [-0.2, 0) is 4.74 Å². The predicted octanol–water partition coefficient (Wildman–Crippen LogP) is 4.90. The molecule has 4 heteroatoms. The maximum atomic E-state index is 13.6. The molecule has 0 N–H and O–H groups in total.